The zero-order valence-electron chi connectivity index (χ0n) is 9.75. The minimum atomic E-state index is -0.0117. The molecular formula is C15H14N2. The van der Waals surface area contributed by atoms with E-state index in [0.717, 1.165) is 11.1 Å². The molecule has 0 unspecified atom stereocenters. The van der Waals surface area contributed by atoms with Crippen LogP contribution in [0.25, 0.3) is 0 Å². The Balaban J connectivity index is 2.44. The van der Waals surface area contributed by atoms with Gasteiger partial charge in [0.15, 0.2) is 6.19 Å². The molecular weight excluding hydrogens is 208 g/mol. The van der Waals surface area contributed by atoms with Crippen molar-refractivity contribution in [2.45, 2.75) is 6.04 Å². The predicted octanol–water partition coefficient (Wildman–Crippen LogP) is 3.19. The number of hydrogen-bond acceptors (Lipinski definition) is 2. The molecule has 2 nitrogen and oxygen atoms in total. The normalized spacial score (nSPS) is 9.94. The van der Waals surface area contributed by atoms with E-state index in [1.54, 1.807) is 4.90 Å². The van der Waals surface area contributed by atoms with Crippen LogP contribution in [0.4, 0.5) is 0 Å². The standard InChI is InChI=1S/C15H14N2/c1-17(12-16)15(13-8-4-2-5-9-13)14-10-6-3-7-11-14/h2-11,15H,1H3. The third-order valence-corrected chi connectivity index (χ3v) is 2.78. The Kier molecular flexibility index (Phi) is 3.42. The Morgan fingerprint density at radius 1 is 0.882 bits per heavy atom. The molecule has 0 aliphatic rings. The van der Waals surface area contributed by atoms with Crippen molar-refractivity contribution < 1.29 is 0 Å². The number of rotatable bonds is 3. The van der Waals surface area contributed by atoms with E-state index in [4.69, 9.17) is 5.26 Å². The van der Waals surface area contributed by atoms with Crippen LogP contribution in [0.1, 0.15) is 17.2 Å². The molecule has 0 aromatic heterocycles. The quantitative estimate of drug-likeness (QED) is 0.589. The van der Waals surface area contributed by atoms with E-state index < -0.39 is 0 Å². The summed E-state index contributed by atoms with van der Waals surface area (Å²) in [5, 5.41) is 9.10. The first-order chi connectivity index (χ1) is 8.33. The molecule has 2 heteroatoms. The summed E-state index contributed by atoms with van der Waals surface area (Å²) in [5.74, 6) is 0. The Bertz CT molecular complexity index is 460. The second-order valence-electron chi connectivity index (χ2n) is 3.93. The fraction of sp³-hybridized carbons (Fsp3) is 0.133. The van der Waals surface area contributed by atoms with Gasteiger partial charge in [-0.05, 0) is 11.1 Å². The topological polar surface area (TPSA) is 27.0 Å². The van der Waals surface area contributed by atoms with Crippen molar-refractivity contribution in [1.29, 1.82) is 5.26 Å². The molecule has 0 aliphatic carbocycles. The highest BCUT2D eigenvalue weighted by atomic mass is 15.1. The smallest absolute Gasteiger partial charge is 0.179 e. The first kappa shape index (κ1) is 11.2. The first-order valence-corrected chi connectivity index (χ1v) is 5.55. The molecule has 0 spiro atoms. The molecule has 0 bridgehead atoms. The molecule has 0 atom stereocenters. The third-order valence-electron chi connectivity index (χ3n) is 2.78. The molecule has 0 saturated heterocycles. The van der Waals surface area contributed by atoms with E-state index >= 15 is 0 Å². The molecule has 0 N–H and O–H groups in total. The van der Waals surface area contributed by atoms with E-state index in [1.807, 2.05) is 67.7 Å². The minimum Gasteiger partial charge on any atom is -0.302 e. The SMILES string of the molecule is CN(C#N)C(c1ccccc1)c1ccccc1. The van der Waals surface area contributed by atoms with Gasteiger partial charge in [-0.2, -0.15) is 5.26 Å². The summed E-state index contributed by atoms with van der Waals surface area (Å²) >= 11 is 0. The zero-order valence-corrected chi connectivity index (χ0v) is 9.75. The third kappa shape index (κ3) is 2.46. The molecule has 2 rings (SSSR count). The number of nitrogens with zero attached hydrogens (tertiary/aromatic N) is 2. The minimum absolute atomic E-state index is 0.0117. The molecule has 0 aliphatic heterocycles. The molecule has 2 aromatic rings. The molecule has 84 valence electrons. The largest absolute Gasteiger partial charge is 0.302 e. The van der Waals surface area contributed by atoms with Gasteiger partial charge in [-0.15, -0.1) is 0 Å². The van der Waals surface area contributed by atoms with Gasteiger partial charge in [0.2, 0.25) is 0 Å². The van der Waals surface area contributed by atoms with Gasteiger partial charge in [0.05, 0.1) is 6.04 Å². The lowest BCUT2D eigenvalue weighted by Crippen LogP contribution is -2.20. The van der Waals surface area contributed by atoms with Gasteiger partial charge in [0.1, 0.15) is 0 Å². The van der Waals surface area contributed by atoms with Crippen molar-refractivity contribution in [2.24, 2.45) is 0 Å². The summed E-state index contributed by atoms with van der Waals surface area (Å²) < 4.78 is 0. The van der Waals surface area contributed by atoms with E-state index in [2.05, 4.69) is 6.19 Å². The maximum Gasteiger partial charge on any atom is 0.179 e. The zero-order chi connectivity index (χ0) is 12.1. The highest BCUT2D eigenvalue weighted by Crippen LogP contribution is 2.26. The van der Waals surface area contributed by atoms with Crippen LogP contribution in [0, 0.1) is 11.5 Å². The Morgan fingerprint density at radius 2 is 1.29 bits per heavy atom. The highest BCUT2D eigenvalue weighted by molar-refractivity contribution is 5.32. The fourth-order valence-corrected chi connectivity index (χ4v) is 1.97. The van der Waals surface area contributed by atoms with Crippen LogP contribution in [-0.4, -0.2) is 11.9 Å². The Labute approximate surface area is 102 Å². The van der Waals surface area contributed by atoms with Gasteiger partial charge < -0.3 is 4.90 Å². The first-order valence-electron chi connectivity index (χ1n) is 5.55. The average Bonchev–Trinajstić information content (AvgIpc) is 2.41. The van der Waals surface area contributed by atoms with E-state index in [0.29, 0.717) is 0 Å². The van der Waals surface area contributed by atoms with Crippen molar-refractivity contribution in [1.82, 2.24) is 4.90 Å². The van der Waals surface area contributed by atoms with Crippen LogP contribution in [0.2, 0.25) is 0 Å². The molecule has 0 heterocycles. The summed E-state index contributed by atoms with van der Waals surface area (Å²) in [5.41, 5.74) is 2.26. The molecule has 0 fully saturated rings. The molecule has 0 amide bonds. The van der Waals surface area contributed by atoms with Crippen LogP contribution in [0.15, 0.2) is 60.7 Å². The maximum atomic E-state index is 9.10. The van der Waals surface area contributed by atoms with Crippen LogP contribution in [0.5, 0.6) is 0 Å². The van der Waals surface area contributed by atoms with Gasteiger partial charge in [-0.25, -0.2) is 0 Å². The Hall–Kier alpha value is -2.27. The molecule has 2 aromatic carbocycles. The van der Waals surface area contributed by atoms with Crippen molar-refractivity contribution in [2.75, 3.05) is 7.05 Å². The summed E-state index contributed by atoms with van der Waals surface area (Å²) in [6, 6.07) is 20.1. The van der Waals surface area contributed by atoms with Gasteiger partial charge in [-0.3, -0.25) is 0 Å². The van der Waals surface area contributed by atoms with Crippen molar-refractivity contribution in [3.8, 4) is 6.19 Å². The summed E-state index contributed by atoms with van der Waals surface area (Å²) in [6.07, 6.45) is 2.20. The number of nitriles is 1. The van der Waals surface area contributed by atoms with Crippen molar-refractivity contribution in [3.05, 3.63) is 71.8 Å². The van der Waals surface area contributed by atoms with Crippen LogP contribution in [-0.2, 0) is 0 Å². The van der Waals surface area contributed by atoms with Gasteiger partial charge in [0.25, 0.3) is 0 Å². The predicted molar refractivity (Wildman–Crippen MR) is 68.1 cm³/mol. The maximum absolute atomic E-state index is 9.10. The van der Waals surface area contributed by atoms with Gasteiger partial charge in [0, 0.05) is 7.05 Å². The summed E-state index contributed by atoms with van der Waals surface area (Å²) in [6.45, 7) is 0. The lowest BCUT2D eigenvalue weighted by molar-refractivity contribution is 0.400. The monoisotopic (exact) mass is 222 g/mol. The molecule has 0 radical (unpaired) electrons. The lowest BCUT2D eigenvalue weighted by Gasteiger charge is -2.24. The van der Waals surface area contributed by atoms with E-state index in [1.165, 1.54) is 0 Å². The number of hydrogen-bond donors (Lipinski definition) is 0. The van der Waals surface area contributed by atoms with Crippen LogP contribution < -0.4 is 0 Å². The summed E-state index contributed by atoms with van der Waals surface area (Å²) in [7, 11) is 1.81. The Morgan fingerprint density at radius 3 is 1.65 bits per heavy atom. The fourth-order valence-electron chi connectivity index (χ4n) is 1.97. The highest BCUT2D eigenvalue weighted by Gasteiger charge is 2.17. The molecule has 17 heavy (non-hydrogen) atoms. The van der Waals surface area contributed by atoms with Crippen LogP contribution >= 0.6 is 0 Å². The van der Waals surface area contributed by atoms with Crippen molar-refractivity contribution >= 4 is 0 Å². The van der Waals surface area contributed by atoms with E-state index in [-0.39, 0.29) is 6.04 Å². The van der Waals surface area contributed by atoms with E-state index in [9.17, 15) is 0 Å². The second-order valence-corrected chi connectivity index (χ2v) is 3.93. The van der Waals surface area contributed by atoms with Gasteiger partial charge in [-0.1, -0.05) is 60.7 Å². The lowest BCUT2D eigenvalue weighted by atomic mass is 9.98. The van der Waals surface area contributed by atoms with Crippen LogP contribution in [0.3, 0.4) is 0 Å². The second kappa shape index (κ2) is 5.18. The average molecular weight is 222 g/mol. The summed E-state index contributed by atoms with van der Waals surface area (Å²) in [4.78, 5) is 1.67. The van der Waals surface area contributed by atoms with Gasteiger partial charge >= 0.3 is 0 Å². The molecule has 0 saturated carbocycles. The van der Waals surface area contributed by atoms with Crippen molar-refractivity contribution in [3.63, 3.8) is 0 Å². The number of benzene rings is 2.